The fourth-order valence-electron chi connectivity index (χ4n) is 9.35. The molecule has 2 saturated heterocycles. The monoisotopic (exact) mass is 703 g/mol. The lowest BCUT2D eigenvalue weighted by Gasteiger charge is -2.37. The van der Waals surface area contributed by atoms with Crippen LogP contribution >= 0.6 is 0 Å². The topological polar surface area (TPSA) is 113 Å². The van der Waals surface area contributed by atoms with Crippen LogP contribution in [0, 0.1) is 5.41 Å². The molecule has 3 aliphatic heterocycles. The second-order valence-corrected chi connectivity index (χ2v) is 17.1. The molecule has 4 heterocycles. The molecule has 5 aliphatic rings. The van der Waals surface area contributed by atoms with E-state index in [0.29, 0.717) is 51.7 Å². The molecule has 1 aromatic heterocycles. The van der Waals surface area contributed by atoms with Crippen molar-refractivity contribution in [2.75, 3.05) is 53.4 Å². The average molecular weight is 704 g/mol. The first-order valence-corrected chi connectivity index (χ1v) is 19.7. The van der Waals surface area contributed by atoms with Gasteiger partial charge in [-0.2, -0.15) is 12.7 Å². The normalized spacial score (nSPS) is 27.6. The second-order valence-electron chi connectivity index (χ2n) is 15.4. The van der Waals surface area contributed by atoms with Gasteiger partial charge in [-0.15, -0.1) is 0 Å². The molecule has 2 saturated carbocycles. The summed E-state index contributed by atoms with van der Waals surface area (Å²) < 4.78 is 44.3. The smallest absolute Gasteiger partial charge is 0.304 e. The van der Waals surface area contributed by atoms with Crippen molar-refractivity contribution in [1.82, 2.24) is 23.4 Å². The molecule has 4 atom stereocenters. The average Bonchev–Trinajstić information content (AvgIpc) is 3.77. The van der Waals surface area contributed by atoms with Gasteiger partial charge in [0.15, 0.2) is 0 Å². The highest BCUT2D eigenvalue weighted by atomic mass is 32.2. The molecular formula is C38H49N5O6S. The third-order valence-corrected chi connectivity index (χ3v) is 13.4. The van der Waals surface area contributed by atoms with Crippen LogP contribution < -0.4 is 9.46 Å². The quantitative estimate of drug-likeness (QED) is 0.396. The Balaban J connectivity index is 1.26. The van der Waals surface area contributed by atoms with Crippen molar-refractivity contribution in [2.24, 2.45) is 5.41 Å². The minimum atomic E-state index is -4.01. The number of aromatic nitrogens is 1. The predicted molar refractivity (Wildman–Crippen MR) is 192 cm³/mol. The van der Waals surface area contributed by atoms with E-state index in [9.17, 15) is 18.0 Å². The number of ether oxygens (including phenoxy) is 2. The maximum Gasteiger partial charge on any atom is 0.304 e. The van der Waals surface area contributed by atoms with Gasteiger partial charge in [0.2, 0.25) is 5.91 Å². The van der Waals surface area contributed by atoms with Gasteiger partial charge < -0.3 is 23.8 Å². The van der Waals surface area contributed by atoms with Gasteiger partial charge in [0.05, 0.1) is 30.4 Å². The number of amides is 2. The standard InChI is InChI=1S/C38H49N5O6S/c1-24-21-41(22-25(2)49-24)37(45)38-20-32(38)31-19-28(48-4)11-13-29(31)35-34(26-8-6-5-7-9-26)30-12-10-27(18-33(30)43(35)23-38)36(44)39-50(46,47)42-16-14-40(3)15-17-42/h10-13,18-19,24-26,32H,5-9,14-17,20-23H2,1-4H3,(H,39,44)/t24-,25+,32?,38?. The zero-order valence-electron chi connectivity index (χ0n) is 29.6. The molecule has 2 unspecified atom stereocenters. The number of carbonyl (C=O) groups excluding carboxylic acids is 2. The van der Waals surface area contributed by atoms with Gasteiger partial charge in [-0.25, -0.2) is 4.72 Å². The lowest BCUT2D eigenvalue weighted by atomic mass is 9.81. The molecule has 3 aromatic rings. The predicted octanol–water partition coefficient (Wildman–Crippen LogP) is 4.71. The number of methoxy groups -OCH3 is 1. The zero-order chi connectivity index (χ0) is 34.9. The maximum absolute atomic E-state index is 14.8. The Morgan fingerprint density at radius 3 is 2.38 bits per heavy atom. The molecule has 2 aliphatic carbocycles. The van der Waals surface area contributed by atoms with Gasteiger partial charge in [0.25, 0.3) is 5.91 Å². The van der Waals surface area contributed by atoms with Crippen LogP contribution in [-0.4, -0.2) is 105 Å². The van der Waals surface area contributed by atoms with Crippen LogP contribution in [0.25, 0.3) is 22.2 Å². The Kier molecular flexibility index (Phi) is 8.52. The highest BCUT2D eigenvalue weighted by Gasteiger charge is 2.64. The summed E-state index contributed by atoms with van der Waals surface area (Å²) in [5.41, 5.74) is 5.16. The van der Waals surface area contributed by atoms with Crippen molar-refractivity contribution in [1.29, 1.82) is 0 Å². The van der Waals surface area contributed by atoms with Crippen molar-refractivity contribution in [3.63, 3.8) is 0 Å². The summed E-state index contributed by atoms with van der Waals surface area (Å²) in [5, 5.41) is 1.07. The van der Waals surface area contributed by atoms with Gasteiger partial charge >= 0.3 is 10.2 Å². The minimum Gasteiger partial charge on any atom is -0.497 e. The van der Waals surface area contributed by atoms with Crippen molar-refractivity contribution < 1.29 is 27.5 Å². The summed E-state index contributed by atoms with van der Waals surface area (Å²) in [6, 6.07) is 11.9. The van der Waals surface area contributed by atoms with Crippen LogP contribution in [-0.2, 0) is 26.3 Å². The summed E-state index contributed by atoms with van der Waals surface area (Å²) in [4.78, 5) is 32.6. The number of morpholine rings is 1. The number of nitrogens with one attached hydrogen (secondary N) is 1. The molecule has 268 valence electrons. The number of fused-ring (bicyclic) bond motifs is 7. The fourth-order valence-corrected chi connectivity index (χ4v) is 10.5. The molecule has 0 bridgehead atoms. The number of likely N-dealkylation sites (N-methyl/N-ethyl adjacent to an activating group) is 1. The lowest BCUT2D eigenvalue weighted by Crippen LogP contribution is -2.52. The van der Waals surface area contributed by atoms with Crippen molar-refractivity contribution >= 4 is 32.9 Å². The fraction of sp³-hybridized carbons (Fsp3) is 0.579. The Morgan fingerprint density at radius 1 is 0.960 bits per heavy atom. The maximum atomic E-state index is 14.8. The van der Waals surface area contributed by atoms with Crippen LogP contribution in [0.4, 0.5) is 0 Å². The molecule has 1 N–H and O–H groups in total. The summed E-state index contributed by atoms with van der Waals surface area (Å²) in [6.45, 7) is 7.52. The Labute approximate surface area is 295 Å². The van der Waals surface area contributed by atoms with Crippen molar-refractivity contribution in [3.8, 4) is 17.0 Å². The molecule has 4 fully saturated rings. The van der Waals surface area contributed by atoms with E-state index < -0.39 is 21.5 Å². The van der Waals surface area contributed by atoms with Crippen LogP contribution in [0.5, 0.6) is 5.75 Å². The summed E-state index contributed by atoms with van der Waals surface area (Å²) in [7, 11) is -0.367. The number of carbonyl (C=O) groups is 2. The molecule has 50 heavy (non-hydrogen) atoms. The van der Waals surface area contributed by atoms with E-state index in [0.717, 1.165) is 65.6 Å². The number of hydrogen-bond donors (Lipinski definition) is 1. The van der Waals surface area contributed by atoms with Gasteiger partial charge in [-0.3, -0.25) is 9.59 Å². The largest absolute Gasteiger partial charge is 0.497 e. The van der Waals surface area contributed by atoms with E-state index in [4.69, 9.17) is 9.47 Å². The van der Waals surface area contributed by atoms with Gasteiger partial charge in [-0.1, -0.05) is 25.3 Å². The van der Waals surface area contributed by atoms with Gasteiger partial charge in [0.1, 0.15) is 5.75 Å². The van der Waals surface area contributed by atoms with Crippen LogP contribution in [0.3, 0.4) is 0 Å². The highest BCUT2D eigenvalue weighted by Crippen LogP contribution is 2.66. The number of nitrogens with zero attached hydrogens (tertiary/aromatic N) is 4. The third kappa shape index (κ3) is 5.72. The van der Waals surface area contributed by atoms with Crippen LogP contribution in [0.1, 0.15) is 85.7 Å². The van der Waals surface area contributed by atoms with E-state index in [-0.39, 0.29) is 29.6 Å². The first-order chi connectivity index (χ1) is 24.0. The number of rotatable bonds is 6. The SMILES string of the molecule is COc1ccc2c(c1)C1CC1(C(=O)N1C[C@@H](C)O[C@@H](C)C1)Cn1c-2c(C2CCCCC2)c2ccc(C(=O)NS(=O)(=O)N3CCN(C)CC3)cc21. The van der Waals surface area contributed by atoms with Crippen molar-refractivity contribution in [2.45, 2.75) is 83.0 Å². The zero-order valence-corrected chi connectivity index (χ0v) is 30.4. The molecule has 8 rings (SSSR count). The van der Waals surface area contributed by atoms with Gasteiger partial charge in [0, 0.05) is 73.8 Å². The summed E-state index contributed by atoms with van der Waals surface area (Å²) >= 11 is 0. The summed E-state index contributed by atoms with van der Waals surface area (Å²) in [5.74, 6) is 0.652. The van der Waals surface area contributed by atoms with E-state index in [1.165, 1.54) is 16.3 Å². The molecule has 2 aromatic carbocycles. The minimum absolute atomic E-state index is 0.0305. The van der Waals surface area contributed by atoms with Crippen LogP contribution in [0.15, 0.2) is 36.4 Å². The third-order valence-electron chi connectivity index (χ3n) is 11.9. The van der Waals surface area contributed by atoms with E-state index in [1.807, 2.05) is 44.0 Å². The second kappa shape index (κ2) is 12.6. The molecule has 2 amide bonds. The Hall–Kier alpha value is -3.45. The van der Waals surface area contributed by atoms with Gasteiger partial charge in [-0.05, 0) is 87.5 Å². The highest BCUT2D eigenvalue weighted by molar-refractivity contribution is 7.87. The molecule has 11 nitrogen and oxygen atoms in total. The first kappa shape index (κ1) is 33.7. The molecule has 0 radical (unpaired) electrons. The number of hydrogen-bond acceptors (Lipinski definition) is 7. The first-order valence-electron chi connectivity index (χ1n) is 18.3. The molecule has 12 heteroatoms. The lowest BCUT2D eigenvalue weighted by molar-refractivity contribution is -0.149. The Morgan fingerprint density at radius 2 is 1.68 bits per heavy atom. The van der Waals surface area contributed by atoms with E-state index in [1.54, 1.807) is 13.2 Å². The summed E-state index contributed by atoms with van der Waals surface area (Å²) in [6.07, 6.45) is 6.36. The van der Waals surface area contributed by atoms with E-state index in [2.05, 4.69) is 26.3 Å². The molecular weight excluding hydrogens is 655 g/mol. The number of piperazine rings is 1. The Bertz CT molecular complexity index is 1940. The molecule has 0 spiro atoms. The number of benzene rings is 2. The van der Waals surface area contributed by atoms with E-state index >= 15 is 0 Å². The van der Waals surface area contributed by atoms with Crippen molar-refractivity contribution in [3.05, 3.63) is 53.1 Å². The van der Waals surface area contributed by atoms with Crippen LogP contribution in [0.2, 0.25) is 0 Å².